The Morgan fingerprint density at radius 2 is 2.50 bits per heavy atom. The van der Waals surface area contributed by atoms with E-state index in [1.807, 2.05) is 0 Å². The highest BCUT2D eigenvalue weighted by molar-refractivity contribution is 7.17. The van der Waals surface area contributed by atoms with Crippen LogP contribution in [-0.4, -0.2) is 24.5 Å². The largest absolute Gasteiger partial charge is 0.463 e. The minimum atomic E-state index is -0.150. The molecular formula is C10H10N2O3S. The molecule has 0 aliphatic rings. The summed E-state index contributed by atoms with van der Waals surface area (Å²) < 4.78 is 9.99. The van der Waals surface area contributed by atoms with Crippen LogP contribution >= 0.6 is 11.3 Å². The molecule has 84 valence electrons. The highest BCUT2D eigenvalue weighted by atomic mass is 32.1. The maximum absolute atomic E-state index is 11.7. The molecule has 2 aromatic heterocycles. The number of nitrogens with two attached hydrogens (primary N) is 1. The van der Waals surface area contributed by atoms with Crippen molar-refractivity contribution in [2.45, 2.75) is 0 Å². The van der Waals surface area contributed by atoms with Gasteiger partial charge in [-0.3, -0.25) is 4.79 Å². The number of methoxy groups -OCH3 is 1. The van der Waals surface area contributed by atoms with Crippen LogP contribution in [0.4, 0.5) is 5.13 Å². The average molecular weight is 238 g/mol. The van der Waals surface area contributed by atoms with E-state index in [1.165, 1.54) is 13.4 Å². The number of anilines is 1. The number of hydrogen-bond donors (Lipinski definition) is 1. The molecule has 0 bridgehead atoms. The Balaban J connectivity index is 2.42. The normalized spacial score (nSPS) is 10.6. The van der Waals surface area contributed by atoms with Crippen LogP contribution in [0, 0.1) is 0 Å². The number of carbonyl (C=O) groups excluding carboxylic acids is 1. The van der Waals surface area contributed by atoms with E-state index in [0.29, 0.717) is 21.5 Å². The molecule has 0 aromatic carbocycles. The van der Waals surface area contributed by atoms with E-state index < -0.39 is 0 Å². The Morgan fingerprint density at radius 3 is 3.12 bits per heavy atom. The molecule has 6 heteroatoms. The maximum Gasteiger partial charge on any atom is 0.200 e. The van der Waals surface area contributed by atoms with Crippen molar-refractivity contribution in [3.63, 3.8) is 0 Å². The molecule has 0 aliphatic heterocycles. The summed E-state index contributed by atoms with van der Waals surface area (Å²) >= 11 is 1.14. The molecule has 0 fully saturated rings. The van der Waals surface area contributed by atoms with Gasteiger partial charge in [-0.15, -0.1) is 0 Å². The molecule has 0 saturated carbocycles. The quantitative estimate of drug-likeness (QED) is 0.822. The number of hydrogen-bond acceptors (Lipinski definition) is 6. The fourth-order valence-corrected chi connectivity index (χ4v) is 2.06. The van der Waals surface area contributed by atoms with Gasteiger partial charge in [0.1, 0.15) is 17.2 Å². The summed E-state index contributed by atoms with van der Waals surface area (Å²) in [6.07, 6.45) is 1.52. The molecular weight excluding hydrogens is 228 g/mol. The number of thiazole rings is 1. The third kappa shape index (κ3) is 1.98. The lowest BCUT2D eigenvalue weighted by Crippen LogP contribution is -2.06. The number of ketones is 1. The summed E-state index contributed by atoms with van der Waals surface area (Å²) in [6.45, 7) is 0.00927. The van der Waals surface area contributed by atoms with Crippen LogP contribution in [0.5, 0.6) is 0 Å². The van der Waals surface area contributed by atoms with Crippen molar-refractivity contribution in [3.05, 3.63) is 23.3 Å². The summed E-state index contributed by atoms with van der Waals surface area (Å²) in [6, 6.07) is 3.47. The Labute approximate surface area is 95.9 Å². The number of nitrogen functional groups attached to an aromatic ring is 1. The van der Waals surface area contributed by atoms with Crippen molar-refractivity contribution >= 4 is 22.3 Å². The molecule has 2 N–H and O–H groups in total. The zero-order chi connectivity index (χ0) is 11.5. The number of rotatable bonds is 4. The van der Waals surface area contributed by atoms with E-state index >= 15 is 0 Å². The Morgan fingerprint density at radius 1 is 1.69 bits per heavy atom. The van der Waals surface area contributed by atoms with Crippen LogP contribution in [0.15, 0.2) is 22.8 Å². The Bertz CT molecular complexity index is 490. The molecule has 2 aromatic rings. The molecule has 2 rings (SSSR count). The van der Waals surface area contributed by atoms with Crippen molar-refractivity contribution in [1.82, 2.24) is 4.98 Å². The first-order chi connectivity index (χ1) is 7.72. The predicted octanol–water partition coefficient (Wildman–Crippen LogP) is 1.81. The number of Topliss-reactive ketones (excluding diaryl/α,β-unsaturated/α-hetero) is 1. The SMILES string of the molecule is COCC(=O)c1sc(N)nc1-c1ccco1. The summed E-state index contributed by atoms with van der Waals surface area (Å²) in [5.41, 5.74) is 6.07. The van der Waals surface area contributed by atoms with Gasteiger partial charge in [0.05, 0.1) is 6.26 Å². The summed E-state index contributed by atoms with van der Waals surface area (Å²) in [5, 5.41) is 0.339. The van der Waals surface area contributed by atoms with Gasteiger partial charge >= 0.3 is 0 Å². The number of furan rings is 1. The minimum absolute atomic E-state index is 0.00927. The first-order valence-electron chi connectivity index (χ1n) is 4.54. The molecule has 0 radical (unpaired) electrons. The summed E-state index contributed by atoms with van der Waals surface area (Å²) in [7, 11) is 1.47. The van der Waals surface area contributed by atoms with Crippen molar-refractivity contribution in [2.24, 2.45) is 0 Å². The molecule has 2 heterocycles. The fourth-order valence-electron chi connectivity index (χ4n) is 1.30. The van der Waals surface area contributed by atoms with Crippen molar-refractivity contribution in [3.8, 4) is 11.5 Å². The third-order valence-corrected chi connectivity index (χ3v) is 2.85. The predicted molar refractivity (Wildman–Crippen MR) is 60.4 cm³/mol. The zero-order valence-electron chi connectivity index (χ0n) is 8.60. The van der Waals surface area contributed by atoms with E-state index in [-0.39, 0.29) is 12.4 Å². The van der Waals surface area contributed by atoms with Gasteiger partial charge in [0.25, 0.3) is 0 Å². The molecule has 0 aliphatic carbocycles. The second-order valence-electron chi connectivity index (χ2n) is 3.06. The maximum atomic E-state index is 11.7. The van der Waals surface area contributed by atoms with Gasteiger partial charge in [0.2, 0.25) is 5.78 Å². The monoisotopic (exact) mass is 238 g/mol. The highest BCUT2D eigenvalue weighted by Gasteiger charge is 2.19. The second kappa shape index (κ2) is 4.46. The molecule has 0 atom stereocenters. The van der Waals surface area contributed by atoms with E-state index in [0.717, 1.165) is 11.3 Å². The minimum Gasteiger partial charge on any atom is -0.463 e. The number of nitrogens with zero attached hydrogens (tertiary/aromatic N) is 1. The molecule has 5 nitrogen and oxygen atoms in total. The lowest BCUT2D eigenvalue weighted by molar-refractivity contribution is 0.0852. The standard InChI is InChI=1S/C10H10N2O3S/c1-14-5-6(13)9-8(12-10(11)16-9)7-3-2-4-15-7/h2-4H,5H2,1H3,(H2,11,12). The van der Waals surface area contributed by atoms with Gasteiger partial charge in [-0.25, -0.2) is 4.98 Å². The fraction of sp³-hybridized carbons (Fsp3) is 0.200. The molecule has 0 saturated heterocycles. The van der Waals surface area contributed by atoms with Crippen molar-refractivity contribution in [2.75, 3.05) is 19.5 Å². The smallest absolute Gasteiger partial charge is 0.200 e. The molecule has 0 unspecified atom stereocenters. The summed E-state index contributed by atoms with van der Waals surface area (Å²) in [4.78, 5) is 16.3. The third-order valence-electron chi connectivity index (χ3n) is 1.93. The van der Waals surface area contributed by atoms with Crippen LogP contribution in [0.1, 0.15) is 9.67 Å². The first-order valence-corrected chi connectivity index (χ1v) is 5.36. The van der Waals surface area contributed by atoms with Gasteiger partial charge in [-0.1, -0.05) is 11.3 Å². The van der Waals surface area contributed by atoms with Gasteiger partial charge < -0.3 is 14.9 Å². The van der Waals surface area contributed by atoms with Gasteiger partial charge in [-0.2, -0.15) is 0 Å². The number of ether oxygens (including phenoxy) is 1. The van der Waals surface area contributed by atoms with E-state index in [1.54, 1.807) is 12.1 Å². The second-order valence-corrected chi connectivity index (χ2v) is 4.09. The van der Waals surface area contributed by atoms with Crippen molar-refractivity contribution < 1.29 is 13.9 Å². The van der Waals surface area contributed by atoms with E-state index in [4.69, 9.17) is 14.9 Å². The van der Waals surface area contributed by atoms with E-state index in [2.05, 4.69) is 4.98 Å². The highest BCUT2D eigenvalue weighted by Crippen LogP contribution is 2.30. The van der Waals surface area contributed by atoms with Crippen LogP contribution < -0.4 is 5.73 Å². The molecule has 16 heavy (non-hydrogen) atoms. The zero-order valence-corrected chi connectivity index (χ0v) is 9.41. The van der Waals surface area contributed by atoms with E-state index in [9.17, 15) is 4.79 Å². The van der Waals surface area contributed by atoms with Crippen LogP contribution in [0.25, 0.3) is 11.5 Å². The van der Waals surface area contributed by atoms with Crippen LogP contribution in [0.2, 0.25) is 0 Å². The number of carbonyl (C=O) groups is 1. The Hall–Kier alpha value is -1.66. The Kier molecular flexibility index (Phi) is 3.02. The average Bonchev–Trinajstić information content (AvgIpc) is 2.85. The topological polar surface area (TPSA) is 78.4 Å². The van der Waals surface area contributed by atoms with Crippen LogP contribution in [0.3, 0.4) is 0 Å². The first kappa shape index (κ1) is 10.8. The molecule has 0 spiro atoms. The molecule has 0 amide bonds. The lowest BCUT2D eigenvalue weighted by Gasteiger charge is -1.97. The van der Waals surface area contributed by atoms with Gasteiger partial charge in [0, 0.05) is 7.11 Å². The van der Waals surface area contributed by atoms with Gasteiger partial charge in [-0.05, 0) is 12.1 Å². The van der Waals surface area contributed by atoms with Gasteiger partial charge in [0.15, 0.2) is 10.9 Å². The van der Waals surface area contributed by atoms with Crippen LogP contribution in [-0.2, 0) is 4.74 Å². The summed E-state index contributed by atoms with van der Waals surface area (Å²) in [5.74, 6) is 0.385. The van der Waals surface area contributed by atoms with Crippen molar-refractivity contribution in [1.29, 1.82) is 0 Å². The lowest BCUT2D eigenvalue weighted by atomic mass is 10.2. The number of aromatic nitrogens is 1.